The fourth-order valence-corrected chi connectivity index (χ4v) is 2.82. The van der Waals surface area contributed by atoms with Gasteiger partial charge in [-0.25, -0.2) is 0 Å². The molecule has 0 saturated carbocycles. The van der Waals surface area contributed by atoms with Crippen LogP contribution >= 0.6 is 0 Å². The third-order valence-corrected chi connectivity index (χ3v) is 3.92. The smallest absolute Gasteiger partial charge is 0.325 e. The van der Waals surface area contributed by atoms with Crippen molar-refractivity contribution in [2.45, 2.75) is 44.6 Å². The van der Waals surface area contributed by atoms with Crippen molar-refractivity contribution in [3.05, 3.63) is 35.9 Å². The highest BCUT2D eigenvalue weighted by atomic mass is 16.6. The normalized spacial score (nSPS) is 17.3. The quantitative estimate of drug-likeness (QED) is 0.864. The van der Waals surface area contributed by atoms with Gasteiger partial charge in [-0.15, -0.1) is 0 Å². The second kappa shape index (κ2) is 7.13. The first kappa shape index (κ1) is 17.5. The van der Waals surface area contributed by atoms with E-state index in [0.717, 1.165) is 5.56 Å². The van der Waals surface area contributed by atoms with Gasteiger partial charge in [0.1, 0.15) is 12.1 Å². The SMILES string of the molecule is CC(C)(C)OC(=O)CNC(=O)C1(c2ccccc2)CCOCC1. The van der Waals surface area contributed by atoms with Crippen molar-refractivity contribution in [3.8, 4) is 0 Å². The molecule has 1 aliphatic heterocycles. The number of hydrogen-bond donors (Lipinski definition) is 1. The molecule has 0 unspecified atom stereocenters. The fourth-order valence-electron chi connectivity index (χ4n) is 2.82. The third-order valence-electron chi connectivity index (χ3n) is 3.92. The Morgan fingerprint density at radius 2 is 1.78 bits per heavy atom. The molecule has 1 aromatic rings. The Kier molecular flexibility index (Phi) is 5.42. The largest absolute Gasteiger partial charge is 0.459 e. The van der Waals surface area contributed by atoms with Gasteiger partial charge < -0.3 is 14.8 Å². The van der Waals surface area contributed by atoms with Gasteiger partial charge in [0.25, 0.3) is 0 Å². The first-order chi connectivity index (χ1) is 10.8. The number of benzene rings is 1. The van der Waals surface area contributed by atoms with Gasteiger partial charge in [0.2, 0.25) is 5.91 Å². The summed E-state index contributed by atoms with van der Waals surface area (Å²) in [5, 5.41) is 2.75. The molecule has 2 rings (SSSR count). The van der Waals surface area contributed by atoms with E-state index in [-0.39, 0.29) is 12.5 Å². The Balaban J connectivity index is 2.08. The Hall–Kier alpha value is -1.88. The zero-order valence-electron chi connectivity index (χ0n) is 14.1. The van der Waals surface area contributed by atoms with Crippen LogP contribution < -0.4 is 5.32 Å². The molecule has 0 aromatic heterocycles. The molecule has 0 spiro atoms. The predicted molar refractivity (Wildman–Crippen MR) is 87.0 cm³/mol. The molecule has 1 amide bonds. The summed E-state index contributed by atoms with van der Waals surface area (Å²) in [4.78, 5) is 24.6. The van der Waals surface area contributed by atoms with Crippen LogP contribution in [0.2, 0.25) is 0 Å². The minimum atomic E-state index is -0.637. The Bertz CT molecular complexity index is 542. The molecule has 0 bridgehead atoms. The summed E-state index contributed by atoms with van der Waals surface area (Å²) in [6.07, 6.45) is 1.22. The molecule has 0 radical (unpaired) electrons. The van der Waals surface area contributed by atoms with Crippen LogP contribution in [0.4, 0.5) is 0 Å². The second-order valence-electron chi connectivity index (χ2n) is 6.83. The van der Waals surface area contributed by atoms with Gasteiger partial charge in [0, 0.05) is 13.2 Å². The number of carbonyl (C=O) groups is 2. The molecule has 23 heavy (non-hydrogen) atoms. The molecule has 5 heteroatoms. The van der Waals surface area contributed by atoms with Crippen LogP contribution in [-0.4, -0.2) is 37.2 Å². The lowest BCUT2D eigenvalue weighted by Crippen LogP contribution is -2.49. The molecule has 0 aliphatic carbocycles. The molecular formula is C18H25NO4. The van der Waals surface area contributed by atoms with Crippen molar-refractivity contribution >= 4 is 11.9 Å². The van der Waals surface area contributed by atoms with Crippen LogP contribution in [0.3, 0.4) is 0 Å². The summed E-state index contributed by atoms with van der Waals surface area (Å²) < 4.78 is 10.7. The number of carbonyl (C=O) groups excluding carboxylic acids is 2. The maximum Gasteiger partial charge on any atom is 0.325 e. The van der Waals surface area contributed by atoms with Crippen molar-refractivity contribution < 1.29 is 19.1 Å². The summed E-state index contributed by atoms with van der Waals surface area (Å²) in [5.41, 5.74) is -0.232. The minimum absolute atomic E-state index is 0.119. The molecule has 126 valence electrons. The van der Waals surface area contributed by atoms with E-state index in [1.807, 2.05) is 30.3 Å². The number of esters is 1. The average molecular weight is 319 g/mol. The molecule has 1 saturated heterocycles. The summed E-state index contributed by atoms with van der Waals surface area (Å²) in [5.74, 6) is -0.570. The highest BCUT2D eigenvalue weighted by Gasteiger charge is 2.41. The number of rotatable bonds is 4. The van der Waals surface area contributed by atoms with E-state index in [1.165, 1.54) is 0 Å². The lowest BCUT2D eigenvalue weighted by Gasteiger charge is -2.36. The zero-order chi connectivity index (χ0) is 16.9. The maximum absolute atomic E-state index is 12.8. The van der Waals surface area contributed by atoms with E-state index in [4.69, 9.17) is 9.47 Å². The van der Waals surface area contributed by atoms with Gasteiger partial charge in [-0.1, -0.05) is 30.3 Å². The van der Waals surface area contributed by atoms with Crippen LogP contribution in [-0.2, 0) is 24.5 Å². The molecule has 1 fully saturated rings. The number of hydrogen-bond acceptors (Lipinski definition) is 4. The lowest BCUT2D eigenvalue weighted by molar-refractivity contribution is -0.155. The summed E-state index contributed by atoms with van der Waals surface area (Å²) in [6.45, 7) is 6.36. The highest BCUT2D eigenvalue weighted by molar-refractivity contribution is 5.90. The maximum atomic E-state index is 12.8. The summed E-state index contributed by atoms with van der Waals surface area (Å²) in [6, 6.07) is 9.69. The van der Waals surface area contributed by atoms with Crippen molar-refractivity contribution in [1.29, 1.82) is 0 Å². The molecule has 0 atom stereocenters. The summed E-state index contributed by atoms with van der Waals surface area (Å²) in [7, 11) is 0. The van der Waals surface area contributed by atoms with E-state index >= 15 is 0 Å². The Morgan fingerprint density at radius 1 is 1.17 bits per heavy atom. The van der Waals surface area contributed by atoms with E-state index in [2.05, 4.69) is 5.32 Å². The molecule has 1 aliphatic rings. The molecular weight excluding hydrogens is 294 g/mol. The van der Waals surface area contributed by atoms with E-state index in [1.54, 1.807) is 20.8 Å². The first-order valence-electron chi connectivity index (χ1n) is 7.97. The van der Waals surface area contributed by atoms with Gasteiger partial charge >= 0.3 is 5.97 Å². The summed E-state index contributed by atoms with van der Waals surface area (Å²) >= 11 is 0. The van der Waals surface area contributed by atoms with Crippen molar-refractivity contribution in [2.24, 2.45) is 0 Å². The molecule has 5 nitrogen and oxygen atoms in total. The van der Waals surface area contributed by atoms with Gasteiger partial charge in [-0.05, 0) is 39.2 Å². The number of nitrogens with one attached hydrogen (secondary N) is 1. The Labute approximate surface area is 137 Å². The van der Waals surface area contributed by atoms with Crippen molar-refractivity contribution in [3.63, 3.8) is 0 Å². The second-order valence-corrected chi connectivity index (χ2v) is 6.83. The van der Waals surface area contributed by atoms with Crippen LogP contribution in [0.1, 0.15) is 39.2 Å². The third kappa shape index (κ3) is 4.55. The van der Waals surface area contributed by atoms with Gasteiger partial charge in [0.05, 0.1) is 5.41 Å². The van der Waals surface area contributed by atoms with E-state index in [9.17, 15) is 9.59 Å². The highest BCUT2D eigenvalue weighted by Crippen LogP contribution is 2.35. The van der Waals surface area contributed by atoms with E-state index < -0.39 is 17.0 Å². The Morgan fingerprint density at radius 3 is 2.35 bits per heavy atom. The average Bonchev–Trinajstić information content (AvgIpc) is 2.52. The molecule has 1 heterocycles. The number of ether oxygens (including phenoxy) is 2. The van der Waals surface area contributed by atoms with Gasteiger partial charge in [-0.3, -0.25) is 9.59 Å². The van der Waals surface area contributed by atoms with Gasteiger partial charge in [-0.2, -0.15) is 0 Å². The molecule has 1 N–H and O–H groups in total. The first-order valence-corrected chi connectivity index (χ1v) is 7.97. The molecule has 1 aromatic carbocycles. The topological polar surface area (TPSA) is 64.6 Å². The van der Waals surface area contributed by atoms with Crippen LogP contribution in [0.25, 0.3) is 0 Å². The monoisotopic (exact) mass is 319 g/mol. The van der Waals surface area contributed by atoms with E-state index in [0.29, 0.717) is 26.1 Å². The van der Waals surface area contributed by atoms with Crippen molar-refractivity contribution in [2.75, 3.05) is 19.8 Å². The van der Waals surface area contributed by atoms with Crippen molar-refractivity contribution in [1.82, 2.24) is 5.32 Å². The van der Waals surface area contributed by atoms with Gasteiger partial charge in [0.15, 0.2) is 0 Å². The lowest BCUT2D eigenvalue weighted by atomic mass is 9.73. The fraction of sp³-hybridized carbons (Fsp3) is 0.556. The minimum Gasteiger partial charge on any atom is -0.459 e. The standard InChI is InChI=1S/C18H25NO4/c1-17(2,3)23-15(20)13-19-16(21)18(9-11-22-12-10-18)14-7-5-4-6-8-14/h4-8H,9-13H2,1-3H3,(H,19,21). The predicted octanol–water partition coefficient (Wildman–Crippen LogP) is 2.19. The van der Waals surface area contributed by atoms with Crippen LogP contribution in [0.5, 0.6) is 0 Å². The zero-order valence-corrected chi connectivity index (χ0v) is 14.1. The number of amides is 1. The van der Waals surface area contributed by atoms with Crippen LogP contribution in [0.15, 0.2) is 30.3 Å². The van der Waals surface area contributed by atoms with Crippen LogP contribution in [0, 0.1) is 0 Å².